The van der Waals surface area contributed by atoms with E-state index in [4.69, 9.17) is 0 Å². The van der Waals surface area contributed by atoms with Crippen LogP contribution in [0.25, 0.3) is 5.69 Å². The molecule has 1 heterocycles. The quantitative estimate of drug-likeness (QED) is 0.342. The smallest absolute Gasteiger partial charge is 0.234 e. The molecule has 35 heavy (non-hydrogen) atoms. The van der Waals surface area contributed by atoms with Crippen molar-refractivity contribution >= 4 is 33.2 Å². The summed E-state index contributed by atoms with van der Waals surface area (Å²) in [5.74, 6) is -0.112. The van der Waals surface area contributed by atoms with Gasteiger partial charge in [0.05, 0.1) is 10.6 Å². The van der Waals surface area contributed by atoms with Crippen molar-refractivity contribution in [3.8, 4) is 5.69 Å². The van der Waals surface area contributed by atoms with Gasteiger partial charge in [0.1, 0.15) is 5.75 Å². The fourth-order valence-corrected chi connectivity index (χ4v) is 5.48. The Kier molecular flexibility index (Phi) is 7.37. The molecule has 0 saturated heterocycles. The average molecular weight is 507 g/mol. The molecule has 1 aromatic heterocycles. The van der Waals surface area contributed by atoms with Gasteiger partial charge in [-0.25, -0.2) is 8.42 Å². The summed E-state index contributed by atoms with van der Waals surface area (Å²) in [5.41, 5.74) is 4.69. The third kappa shape index (κ3) is 5.98. The van der Waals surface area contributed by atoms with Crippen molar-refractivity contribution in [3.63, 3.8) is 0 Å². The number of thioether (sulfide) groups is 1. The zero-order chi connectivity index (χ0) is 25.0. The van der Waals surface area contributed by atoms with Crippen LogP contribution in [0.5, 0.6) is 0 Å². The molecular weight excluding hydrogens is 480 g/mol. The summed E-state index contributed by atoms with van der Waals surface area (Å²) in [6.45, 7) is 5.92. The van der Waals surface area contributed by atoms with Crippen molar-refractivity contribution in [2.45, 2.75) is 36.6 Å². The van der Waals surface area contributed by atoms with Gasteiger partial charge in [-0.15, -0.1) is 10.2 Å². The molecule has 0 bridgehead atoms. The van der Waals surface area contributed by atoms with Crippen LogP contribution in [0.4, 0.5) is 5.69 Å². The van der Waals surface area contributed by atoms with Gasteiger partial charge < -0.3 is 5.32 Å². The van der Waals surface area contributed by atoms with Gasteiger partial charge in [0.2, 0.25) is 5.91 Å². The van der Waals surface area contributed by atoms with Crippen molar-refractivity contribution in [2.75, 3.05) is 11.1 Å². The Morgan fingerprint density at radius 1 is 0.914 bits per heavy atom. The van der Waals surface area contributed by atoms with Crippen molar-refractivity contribution in [1.82, 2.24) is 14.8 Å². The van der Waals surface area contributed by atoms with Crippen LogP contribution >= 0.6 is 11.8 Å². The molecule has 0 unspecified atom stereocenters. The molecule has 7 nitrogen and oxygen atoms in total. The van der Waals surface area contributed by atoms with Gasteiger partial charge >= 0.3 is 0 Å². The van der Waals surface area contributed by atoms with Crippen LogP contribution in [0, 0.1) is 20.8 Å². The number of nitrogens with zero attached hydrogens (tertiary/aromatic N) is 3. The molecule has 4 rings (SSSR count). The van der Waals surface area contributed by atoms with E-state index in [0.717, 1.165) is 28.1 Å². The molecule has 4 aromatic rings. The summed E-state index contributed by atoms with van der Waals surface area (Å²) in [6, 6.07) is 21.8. The zero-order valence-corrected chi connectivity index (χ0v) is 21.4. The van der Waals surface area contributed by atoms with Crippen LogP contribution in [0.15, 0.2) is 82.8 Å². The van der Waals surface area contributed by atoms with Gasteiger partial charge in [-0.2, -0.15) is 0 Å². The maximum absolute atomic E-state index is 13.1. The molecule has 0 atom stereocenters. The number of benzene rings is 3. The third-order valence-corrected chi connectivity index (χ3v) is 8.09. The van der Waals surface area contributed by atoms with Crippen molar-refractivity contribution in [1.29, 1.82) is 0 Å². The lowest BCUT2D eigenvalue weighted by Gasteiger charge is -2.11. The molecule has 0 aliphatic rings. The summed E-state index contributed by atoms with van der Waals surface area (Å²) in [5, 5.41) is 11.7. The molecule has 0 saturated carbocycles. The first-order chi connectivity index (χ1) is 16.7. The van der Waals surface area contributed by atoms with Gasteiger partial charge in [0, 0.05) is 11.4 Å². The van der Waals surface area contributed by atoms with Crippen LogP contribution in [0.2, 0.25) is 0 Å². The number of hydrogen-bond donors (Lipinski definition) is 1. The lowest BCUT2D eigenvalue weighted by molar-refractivity contribution is -0.113. The fourth-order valence-electron chi connectivity index (χ4n) is 3.47. The largest absolute Gasteiger partial charge is 0.325 e. The number of amides is 1. The minimum absolute atomic E-state index is 0.0998. The molecular formula is C26H26N4O3S2. The number of rotatable bonds is 8. The maximum atomic E-state index is 13.1. The predicted molar refractivity (Wildman–Crippen MR) is 139 cm³/mol. The van der Waals surface area contributed by atoms with Gasteiger partial charge in [0.15, 0.2) is 20.8 Å². The van der Waals surface area contributed by atoms with E-state index in [9.17, 15) is 13.2 Å². The fraction of sp³-hybridized carbons (Fsp3) is 0.192. The van der Waals surface area contributed by atoms with Crippen LogP contribution in [0.1, 0.15) is 22.5 Å². The lowest BCUT2D eigenvalue weighted by atomic mass is 10.1. The minimum atomic E-state index is -3.64. The highest BCUT2D eigenvalue weighted by atomic mass is 32.2. The van der Waals surface area contributed by atoms with Crippen molar-refractivity contribution in [2.24, 2.45) is 0 Å². The second kappa shape index (κ2) is 10.5. The number of hydrogen-bond acceptors (Lipinski definition) is 6. The van der Waals surface area contributed by atoms with E-state index in [1.165, 1.54) is 11.8 Å². The molecule has 1 N–H and O–H groups in total. The molecule has 0 radical (unpaired) electrons. The highest BCUT2D eigenvalue weighted by Crippen LogP contribution is 2.25. The number of nitrogens with one attached hydrogen (secondary N) is 1. The Labute approximate surface area is 209 Å². The van der Waals surface area contributed by atoms with E-state index >= 15 is 0 Å². The van der Waals surface area contributed by atoms with Crippen LogP contribution in [0.3, 0.4) is 0 Å². The summed E-state index contributed by atoms with van der Waals surface area (Å²) >= 11 is 1.20. The van der Waals surface area contributed by atoms with Crippen LogP contribution < -0.4 is 5.32 Å². The van der Waals surface area contributed by atoms with Gasteiger partial charge in [0.25, 0.3) is 0 Å². The first-order valence-electron chi connectivity index (χ1n) is 11.0. The van der Waals surface area contributed by atoms with E-state index < -0.39 is 9.84 Å². The van der Waals surface area contributed by atoms with E-state index in [2.05, 4.69) is 15.5 Å². The molecule has 9 heteroatoms. The molecule has 1 amide bonds. The maximum Gasteiger partial charge on any atom is 0.234 e. The van der Waals surface area contributed by atoms with Crippen molar-refractivity contribution < 1.29 is 13.2 Å². The minimum Gasteiger partial charge on any atom is -0.325 e. The topological polar surface area (TPSA) is 94.0 Å². The first kappa shape index (κ1) is 24.7. The number of carbonyl (C=O) groups is 1. The molecule has 0 aliphatic carbocycles. The SMILES string of the molecule is Cc1ccc(S(=O)(=O)Cc2nnc(SCC(=O)Nc3ccc(C)c(C)c3)n2-c2ccccc2)cc1. The standard InChI is InChI=1S/C26H26N4O3S2/c1-18-9-13-23(14-10-18)35(32,33)17-24-28-29-26(30(24)22-7-5-4-6-8-22)34-16-25(31)27-21-12-11-19(2)20(3)15-21/h4-15H,16-17H2,1-3H3,(H,27,31). The normalized spacial score (nSPS) is 11.4. The molecule has 180 valence electrons. The highest BCUT2D eigenvalue weighted by molar-refractivity contribution is 7.99. The van der Waals surface area contributed by atoms with Gasteiger partial charge in [-0.05, 0) is 68.3 Å². The number of para-hydroxylation sites is 1. The second-order valence-corrected chi connectivity index (χ2v) is 11.2. The average Bonchev–Trinajstić information content (AvgIpc) is 3.22. The Morgan fingerprint density at radius 3 is 2.31 bits per heavy atom. The Bertz CT molecular complexity index is 1450. The van der Waals surface area contributed by atoms with Crippen molar-refractivity contribution in [3.05, 3.63) is 95.3 Å². The van der Waals surface area contributed by atoms with E-state index in [1.54, 1.807) is 28.8 Å². The van der Waals surface area contributed by atoms with E-state index in [-0.39, 0.29) is 28.1 Å². The monoisotopic (exact) mass is 506 g/mol. The molecule has 0 spiro atoms. The number of sulfone groups is 1. The number of carbonyl (C=O) groups excluding carboxylic acids is 1. The summed E-state index contributed by atoms with van der Waals surface area (Å²) in [4.78, 5) is 12.8. The second-order valence-electron chi connectivity index (χ2n) is 8.28. The number of anilines is 1. The van der Waals surface area contributed by atoms with E-state index in [0.29, 0.717) is 5.16 Å². The van der Waals surface area contributed by atoms with Crippen LogP contribution in [-0.4, -0.2) is 34.8 Å². The Morgan fingerprint density at radius 2 is 1.63 bits per heavy atom. The summed E-state index contributed by atoms with van der Waals surface area (Å²) in [6.07, 6.45) is 0. The number of aryl methyl sites for hydroxylation is 3. The zero-order valence-electron chi connectivity index (χ0n) is 19.7. The Balaban J connectivity index is 1.56. The first-order valence-corrected chi connectivity index (χ1v) is 13.7. The van der Waals surface area contributed by atoms with E-state index in [1.807, 2.05) is 69.3 Å². The molecule has 3 aromatic carbocycles. The van der Waals surface area contributed by atoms with Gasteiger partial charge in [-0.1, -0.05) is 53.7 Å². The molecule has 0 aliphatic heterocycles. The van der Waals surface area contributed by atoms with Gasteiger partial charge in [-0.3, -0.25) is 9.36 Å². The number of aromatic nitrogens is 3. The molecule has 0 fully saturated rings. The Hall–Kier alpha value is -3.43. The van der Waals surface area contributed by atoms with Crippen LogP contribution in [-0.2, 0) is 20.4 Å². The summed E-state index contributed by atoms with van der Waals surface area (Å²) < 4.78 is 27.8. The summed E-state index contributed by atoms with van der Waals surface area (Å²) in [7, 11) is -3.64. The predicted octanol–water partition coefficient (Wildman–Crippen LogP) is 4.90. The lowest BCUT2D eigenvalue weighted by Crippen LogP contribution is -2.15. The highest BCUT2D eigenvalue weighted by Gasteiger charge is 2.23. The third-order valence-electron chi connectivity index (χ3n) is 5.54.